The number of esters is 1. The van der Waals surface area contributed by atoms with Crippen molar-refractivity contribution in [3.05, 3.63) is 0 Å². The number of carbonyl (C=O) groups excluding carboxylic acids is 1. The molecule has 0 bridgehead atoms. The van der Waals surface area contributed by atoms with Crippen molar-refractivity contribution >= 4 is 5.97 Å². The molecule has 5 heteroatoms. The molecule has 0 heterocycles. The monoisotopic (exact) mass is 219 g/mol. The van der Waals surface area contributed by atoms with Crippen molar-refractivity contribution in [2.75, 3.05) is 19.8 Å². The number of carbonyl (C=O) groups is 1. The first-order chi connectivity index (χ1) is 6.87. The van der Waals surface area contributed by atoms with Crippen LogP contribution in [0.15, 0.2) is 0 Å². The van der Waals surface area contributed by atoms with E-state index in [9.17, 15) is 4.79 Å². The van der Waals surface area contributed by atoms with Gasteiger partial charge in [0.2, 0.25) is 0 Å². The predicted molar refractivity (Wildman–Crippen MR) is 56.3 cm³/mol. The maximum atomic E-state index is 11.1. The first kappa shape index (κ1) is 14.3. The fourth-order valence-corrected chi connectivity index (χ4v) is 0.854. The lowest BCUT2D eigenvalue weighted by Crippen LogP contribution is -2.34. The predicted octanol–water partition coefficient (Wildman–Crippen LogP) is 0.0544. The van der Waals surface area contributed by atoms with Crippen LogP contribution in [0.25, 0.3) is 0 Å². The van der Waals surface area contributed by atoms with E-state index in [4.69, 9.17) is 20.3 Å². The molecular weight excluding hydrogens is 198 g/mol. The van der Waals surface area contributed by atoms with Crippen LogP contribution >= 0.6 is 0 Å². The maximum Gasteiger partial charge on any atom is 0.323 e. The standard InChI is InChI=1S/C10H21NO4/c1-10(2,3)15-7-6-14-9(13)8(11)4-5-12/h8,12H,4-7,11H2,1-3H3/t8-/m1/s1. The Hall–Kier alpha value is -0.650. The van der Waals surface area contributed by atoms with Gasteiger partial charge in [-0.05, 0) is 27.2 Å². The van der Waals surface area contributed by atoms with Gasteiger partial charge < -0.3 is 20.3 Å². The number of hydrogen-bond donors (Lipinski definition) is 2. The molecule has 0 amide bonds. The Morgan fingerprint density at radius 3 is 2.47 bits per heavy atom. The molecule has 0 saturated heterocycles. The summed E-state index contributed by atoms with van der Waals surface area (Å²) in [6.07, 6.45) is 0.221. The molecule has 0 aromatic rings. The highest BCUT2D eigenvalue weighted by molar-refractivity contribution is 5.75. The Bertz CT molecular complexity index is 188. The third-order valence-corrected chi connectivity index (χ3v) is 1.61. The first-order valence-electron chi connectivity index (χ1n) is 5.04. The second-order valence-electron chi connectivity index (χ2n) is 4.25. The van der Waals surface area contributed by atoms with Gasteiger partial charge in [0.15, 0.2) is 0 Å². The van der Waals surface area contributed by atoms with Crippen molar-refractivity contribution in [3.8, 4) is 0 Å². The molecule has 0 fully saturated rings. The van der Waals surface area contributed by atoms with Gasteiger partial charge in [0.1, 0.15) is 12.6 Å². The summed E-state index contributed by atoms with van der Waals surface area (Å²) in [6, 6.07) is -0.746. The maximum absolute atomic E-state index is 11.1. The zero-order chi connectivity index (χ0) is 11.9. The molecule has 90 valence electrons. The Balaban J connectivity index is 3.55. The lowest BCUT2D eigenvalue weighted by molar-refractivity contribution is -0.148. The normalized spacial score (nSPS) is 13.7. The van der Waals surface area contributed by atoms with Gasteiger partial charge in [0.25, 0.3) is 0 Å². The summed E-state index contributed by atoms with van der Waals surface area (Å²) in [7, 11) is 0. The summed E-state index contributed by atoms with van der Waals surface area (Å²) in [6.45, 7) is 6.19. The number of aliphatic hydroxyl groups is 1. The van der Waals surface area contributed by atoms with Gasteiger partial charge in [-0.25, -0.2) is 0 Å². The summed E-state index contributed by atoms with van der Waals surface area (Å²) in [4.78, 5) is 11.1. The molecule has 0 radical (unpaired) electrons. The zero-order valence-electron chi connectivity index (χ0n) is 9.66. The highest BCUT2D eigenvalue weighted by Crippen LogP contribution is 2.05. The van der Waals surface area contributed by atoms with Crippen LogP contribution in [-0.2, 0) is 14.3 Å². The molecule has 1 atom stereocenters. The van der Waals surface area contributed by atoms with Gasteiger partial charge in [-0.1, -0.05) is 0 Å². The number of ether oxygens (including phenoxy) is 2. The van der Waals surface area contributed by atoms with Crippen LogP contribution in [0.3, 0.4) is 0 Å². The van der Waals surface area contributed by atoms with Crippen LogP contribution in [0.2, 0.25) is 0 Å². The van der Waals surface area contributed by atoms with Crippen LogP contribution in [0, 0.1) is 0 Å². The van der Waals surface area contributed by atoms with Gasteiger partial charge in [-0.3, -0.25) is 4.79 Å². The first-order valence-corrected chi connectivity index (χ1v) is 5.04. The molecule has 0 spiro atoms. The van der Waals surface area contributed by atoms with Crippen molar-refractivity contribution < 1.29 is 19.4 Å². The number of nitrogens with two attached hydrogens (primary N) is 1. The molecule has 0 aliphatic carbocycles. The summed E-state index contributed by atoms with van der Waals surface area (Å²) < 4.78 is 10.2. The van der Waals surface area contributed by atoms with Gasteiger partial charge in [0.05, 0.1) is 12.2 Å². The minimum Gasteiger partial charge on any atom is -0.462 e. The zero-order valence-corrected chi connectivity index (χ0v) is 9.66. The van der Waals surface area contributed by atoms with E-state index in [1.807, 2.05) is 20.8 Å². The molecule has 0 aromatic heterocycles. The van der Waals surface area contributed by atoms with E-state index < -0.39 is 12.0 Å². The van der Waals surface area contributed by atoms with Crippen molar-refractivity contribution in [1.29, 1.82) is 0 Å². The second kappa shape index (κ2) is 6.76. The second-order valence-corrected chi connectivity index (χ2v) is 4.25. The van der Waals surface area contributed by atoms with Crippen LogP contribution in [0.5, 0.6) is 0 Å². The molecule has 0 aromatic carbocycles. The Morgan fingerprint density at radius 2 is 2.00 bits per heavy atom. The van der Waals surface area contributed by atoms with Crippen molar-refractivity contribution in [3.63, 3.8) is 0 Å². The van der Waals surface area contributed by atoms with E-state index in [0.29, 0.717) is 6.61 Å². The SMILES string of the molecule is CC(C)(C)OCCOC(=O)[C@H](N)CCO. The fourth-order valence-electron chi connectivity index (χ4n) is 0.854. The van der Waals surface area contributed by atoms with Crippen LogP contribution < -0.4 is 5.73 Å². The Kier molecular flexibility index (Phi) is 6.47. The lowest BCUT2D eigenvalue weighted by atomic mass is 10.2. The molecule has 0 rings (SSSR count). The van der Waals surface area contributed by atoms with Crippen molar-refractivity contribution in [1.82, 2.24) is 0 Å². The largest absolute Gasteiger partial charge is 0.462 e. The van der Waals surface area contributed by atoms with E-state index in [0.717, 1.165) is 0 Å². The third-order valence-electron chi connectivity index (χ3n) is 1.61. The molecule has 15 heavy (non-hydrogen) atoms. The highest BCUT2D eigenvalue weighted by atomic mass is 16.6. The van der Waals surface area contributed by atoms with E-state index in [1.54, 1.807) is 0 Å². The van der Waals surface area contributed by atoms with Crippen molar-refractivity contribution in [2.24, 2.45) is 5.73 Å². The lowest BCUT2D eigenvalue weighted by Gasteiger charge is -2.19. The molecule has 0 saturated carbocycles. The summed E-state index contributed by atoms with van der Waals surface area (Å²) in [5.41, 5.74) is 5.18. The van der Waals surface area contributed by atoms with E-state index in [-0.39, 0.29) is 25.2 Å². The van der Waals surface area contributed by atoms with E-state index in [2.05, 4.69) is 0 Å². The summed E-state index contributed by atoms with van der Waals surface area (Å²) >= 11 is 0. The molecular formula is C10H21NO4. The smallest absolute Gasteiger partial charge is 0.323 e. The summed E-state index contributed by atoms with van der Waals surface area (Å²) in [5.74, 6) is -0.499. The quantitative estimate of drug-likeness (QED) is 0.487. The van der Waals surface area contributed by atoms with Crippen LogP contribution in [0.1, 0.15) is 27.2 Å². The molecule has 3 N–H and O–H groups in total. The topological polar surface area (TPSA) is 81.8 Å². The van der Waals surface area contributed by atoms with Gasteiger partial charge in [-0.2, -0.15) is 0 Å². The number of aliphatic hydroxyl groups excluding tert-OH is 1. The molecule has 0 aliphatic heterocycles. The van der Waals surface area contributed by atoms with Crippen LogP contribution in [0.4, 0.5) is 0 Å². The Labute approximate surface area is 90.5 Å². The fraction of sp³-hybridized carbons (Fsp3) is 0.900. The average molecular weight is 219 g/mol. The third kappa shape index (κ3) is 8.35. The highest BCUT2D eigenvalue weighted by Gasteiger charge is 2.15. The van der Waals surface area contributed by atoms with E-state index in [1.165, 1.54) is 0 Å². The average Bonchev–Trinajstić information content (AvgIpc) is 2.11. The van der Waals surface area contributed by atoms with Gasteiger partial charge in [0, 0.05) is 6.61 Å². The van der Waals surface area contributed by atoms with E-state index >= 15 is 0 Å². The van der Waals surface area contributed by atoms with Gasteiger partial charge >= 0.3 is 5.97 Å². The number of rotatable bonds is 6. The molecule has 0 unspecified atom stereocenters. The van der Waals surface area contributed by atoms with Crippen molar-refractivity contribution in [2.45, 2.75) is 38.8 Å². The summed E-state index contributed by atoms with van der Waals surface area (Å²) in [5, 5.41) is 8.55. The van der Waals surface area contributed by atoms with Crippen LogP contribution in [-0.4, -0.2) is 42.5 Å². The molecule has 0 aliphatic rings. The Morgan fingerprint density at radius 1 is 1.40 bits per heavy atom. The number of hydrogen-bond acceptors (Lipinski definition) is 5. The molecule has 5 nitrogen and oxygen atoms in total. The van der Waals surface area contributed by atoms with Gasteiger partial charge in [-0.15, -0.1) is 0 Å². The minimum absolute atomic E-state index is 0.116. The minimum atomic E-state index is -0.746.